The number of nitrogens with one attached hydrogen (secondary N) is 1. The lowest BCUT2D eigenvalue weighted by Crippen LogP contribution is -2.24. The van der Waals surface area contributed by atoms with E-state index in [9.17, 15) is 0 Å². The highest BCUT2D eigenvalue weighted by Gasteiger charge is 1.97. The van der Waals surface area contributed by atoms with E-state index in [4.69, 9.17) is 9.47 Å². The van der Waals surface area contributed by atoms with E-state index < -0.39 is 0 Å². The Morgan fingerprint density at radius 1 is 1.16 bits per heavy atom. The third kappa shape index (κ3) is 4.50. The molecule has 0 fully saturated rings. The van der Waals surface area contributed by atoms with E-state index in [1.54, 1.807) is 6.20 Å². The zero-order chi connectivity index (χ0) is 13.3. The van der Waals surface area contributed by atoms with E-state index in [1.165, 1.54) is 0 Å². The summed E-state index contributed by atoms with van der Waals surface area (Å²) in [7, 11) is 0. The molecule has 0 bridgehead atoms. The number of hydrogen-bond donors (Lipinski definition) is 1. The second-order valence-corrected chi connectivity index (χ2v) is 4.15. The van der Waals surface area contributed by atoms with Crippen molar-refractivity contribution < 1.29 is 9.47 Å². The van der Waals surface area contributed by atoms with Crippen LogP contribution in [0.15, 0.2) is 36.5 Å². The molecule has 0 unspecified atom stereocenters. The summed E-state index contributed by atoms with van der Waals surface area (Å²) < 4.78 is 10.9. The van der Waals surface area contributed by atoms with Gasteiger partial charge in [0.25, 0.3) is 0 Å². The Morgan fingerprint density at radius 3 is 2.95 bits per heavy atom. The van der Waals surface area contributed by atoms with Crippen LogP contribution in [0.5, 0.6) is 5.75 Å². The molecule has 4 heteroatoms. The van der Waals surface area contributed by atoms with Crippen LogP contribution in [-0.2, 0) is 4.74 Å². The molecule has 19 heavy (non-hydrogen) atoms. The van der Waals surface area contributed by atoms with Gasteiger partial charge in [0, 0.05) is 37.3 Å². The van der Waals surface area contributed by atoms with Crippen molar-refractivity contribution >= 4 is 10.9 Å². The van der Waals surface area contributed by atoms with E-state index in [2.05, 4.69) is 10.3 Å². The second kappa shape index (κ2) is 7.71. The van der Waals surface area contributed by atoms with Crippen molar-refractivity contribution in [2.24, 2.45) is 0 Å². The highest BCUT2D eigenvalue weighted by molar-refractivity contribution is 5.79. The molecule has 4 nitrogen and oxygen atoms in total. The van der Waals surface area contributed by atoms with E-state index >= 15 is 0 Å². The molecule has 0 radical (unpaired) electrons. The fourth-order valence-corrected chi connectivity index (χ4v) is 1.79. The lowest BCUT2D eigenvalue weighted by Gasteiger charge is -2.08. The van der Waals surface area contributed by atoms with Gasteiger partial charge in [-0.2, -0.15) is 0 Å². The van der Waals surface area contributed by atoms with Crippen molar-refractivity contribution in [2.75, 3.05) is 32.9 Å². The van der Waals surface area contributed by atoms with Crippen LogP contribution >= 0.6 is 0 Å². The Balaban J connectivity index is 1.72. The molecule has 0 aliphatic rings. The number of ether oxygens (including phenoxy) is 2. The molecular weight excluding hydrogens is 240 g/mol. The minimum absolute atomic E-state index is 0.643. The number of rotatable bonds is 8. The van der Waals surface area contributed by atoms with Crippen molar-refractivity contribution in [3.63, 3.8) is 0 Å². The second-order valence-electron chi connectivity index (χ2n) is 4.15. The molecule has 0 amide bonds. The summed E-state index contributed by atoms with van der Waals surface area (Å²) in [6.07, 6.45) is 1.79. The molecule has 0 atom stereocenters. The quantitative estimate of drug-likeness (QED) is 0.739. The van der Waals surface area contributed by atoms with Gasteiger partial charge in [0.1, 0.15) is 12.4 Å². The maximum Gasteiger partial charge on any atom is 0.121 e. The van der Waals surface area contributed by atoms with Gasteiger partial charge in [-0.3, -0.25) is 4.98 Å². The Kier molecular flexibility index (Phi) is 5.59. The average molecular weight is 260 g/mol. The van der Waals surface area contributed by atoms with Crippen molar-refractivity contribution in [3.05, 3.63) is 36.5 Å². The number of aromatic nitrogens is 1. The van der Waals surface area contributed by atoms with Crippen LogP contribution < -0.4 is 10.1 Å². The largest absolute Gasteiger partial charge is 0.492 e. The monoisotopic (exact) mass is 260 g/mol. The summed E-state index contributed by atoms with van der Waals surface area (Å²) in [5, 5.41) is 4.39. The molecule has 1 aromatic carbocycles. The predicted octanol–water partition coefficient (Wildman–Crippen LogP) is 2.24. The molecule has 1 heterocycles. The van der Waals surface area contributed by atoms with Crippen LogP contribution in [0.25, 0.3) is 10.9 Å². The van der Waals surface area contributed by atoms with Gasteiger partial charge in [-0.25, -0.2) is 0 Å². The zero-order valence-corrected chi connectivity index (χ0v) is 11.3. The fourth-order valence-electron chi connectivity index (χ4n) is 1.79. The molecule has 102 valence electrons. The van der Waals surface area contributed by atoms with E-state index in [0.717, 1.165) is 43.0 Å². The lowest BCUT2D eigenvalue weighted by molar-refractivity contribution is 0.148. The first-order valence-corrected chi connectivity index (χ1v) is 6.66. The maximum atomic E-state index is 5.68. The highest BCUT2D eigenvalue weighted by Crippen LogP contribution is 2.18. The van der Waals surface area contributed by atoms with Crippen molar-refractivity contribution in [1.82, 2.24) is 10.3 Å². The molecule has 0 saturated heterocycles. The molecular formula is C15H20N2O2. The van der Waals surface area contributed by atoms with Crippen LogP contribution in [0.1, 0.15) is 6.92 Å². The minimum Gasteiger partial charge on any atom is -0.492 e. The first-order chi connectivity index (χ1) is 9.40. The lowest BCUT2D eigenvalue weighted by atomic mass is 10.2. The Morgan fingerprint density at radius 2 is 2.05 bits per heavy atom. The summed E-state index contributed by atoms with van der Waals surface area (Å²) >= 11 is 0. The maximum absolute atomic E-state index is 5.68. The first-order valence-electron chi connectivity index (χ1n) is 6.66. The van der Waals surface area contributed by atoms with Crippen LogP contribution in [0.2, 0.25) is 0 Å². The third-order valence-electron chi connectivity index (χ3n) is 2.75. The average Bonchev–Trinajstić information content (AvgIpc) is 2.46. The Hall–Kier alpha value is -1.65. The smallest absolute Gasteiger partial charge is 0.121 e. The standard InChI is InChI=1S/C15H20N2O2/c1-2-18-10-8-16-9-11-19-14-6-5-13-4-3-7-17-15(13)12-14/h3-7,12,16H,2,8-11H2,1H3. The fraction of sp³-hybridized carbons (Fsp3) is 0.400. The molecule has 1 N–H and O–H groups in total. The van der Waals surface area contributed by atoms with Gasteiger partial charge >= 0.3 is 0 Å². The van der Waals surface area contributed by atoms with Gasteiger partial charge in [0.15, 0.2) is 0 Å². The summed E-state index contributed by atoms with van der Waals surface area (Å²) in [4.78, 5) is 4.31. The summed E-state index contributed by atoms with van der Waals surface area (Å²) in [5.74, 6) is 0.859. The third-order valence-corrected chi connectivity index (χ3v) is 2.75. The molecule has 2 aromatic rings. The Bertz CT molecular complexity index is 502. The molecule has 2 rings (SSSR count). The number of hydrogen-bond acceptors (Lipinski definition) is 4. The summed E-state index contributed by atoms with van der Waals surface area (Å²) in [5.41, 5.74) is 0.962. The van der Waals surface area contributed by atoms with Crippen molar-refractivity contribution in [3.8, 4) is 5.75 Å². The highest BCUT2D eigenvalue weighted by atomic mass is 16.5. The van der Waals surface area contributed by atoms with E-state index in [1.807, 2.05) is 37.3 Å². The van der Waals surface area contributed by atoms with Gasteiger partial charge in [-0.05, 0) is 25.1 Å². The van der Waals surface area contributed by atoms with E-state index in [0.29, 0.717) is 6.61 Å². The normalized spacial score (nSPS) is 10.8. The van der Waals surface area contributed by atoms with Crippen LogP contribution in [0, 0.1) is 0 Å². The molecule has 0 saturated carbocycles. The molecule has 0 aliphatic heterocycles. The molecule has 1 aromatic heterocycles. The number of benzene rings is 1. The number of nitrogens with zero attached hydrogens (tertiary/aromatic N) is 1. The Labute approximate surface area is 113 Å². The molecule has 0 aliphatic carbocycles. The van der Waals surface area contributed by atoms with Crippen LogP contribution in [-0.4, -0.2) is 37.9 Å². The van der Waals surface area contributed by atoms with Gasteiger partial charge in [-0.1, -0.05) is 6.07 Å². The zero-order valence-electron chi connectivity index (χ0n) is 11.3. The van der Waals surface area contributed by atoms with Crippen LogP contribution in [0.4, 0.5) is 0 Å². The number of fused-ring (bicyclic) bond motifs is 1. The molecule has 0 spiro atoms. The van der Waals surface area contributed by atoms with Gasteiger partial charge in [0.2, 0.25) is 0 Å². The van der Waals surface area contributed by atoms with Gasteiger partial charge in [-0.15, -0.1) is 0 Å². The summed E-state index contributed by atoms with van der Waals surface area (Å²) in [6.45, 7) is 5.82. The first kappa shape index (κ1) is 13.8. The van der Waals surface area contributed by atoms with Crippen molar-refractivity contribution in [1.29, 1.82) is 0 Å². The van der Waals surface area contributed by atoms with Gasteiger partial charge in [0.05, 0.1) is 12.1 Å². The topological polar surface area (TPSA) is 43.4 Å². The van der Waals surface area contributed by atoms with Gasteiger partial charge < -0.3 is 14.8 Å². The SMILES string of the molecule is CCOCCNCCOc1ccc2cccnc2c1. The summed E-state index contributed by atoms with van der Waals surface area (Å²) in [6, 6.07) is 9.95. The van der Waals surface area contributed by atoms with Crippen molar-refractivity contribution in [2.45, 2.75) is 6.92 Å². The number of pyridine rings is 1. The predicted molar refractivity (Wildman–Crippen MR) is 76.6 cm³/mol. The van der Waals surface area contributed by atoms with Crippen LogP contribution in [0.3, 0.4) is 0 Å². The minimum atomic E-state index is 0.643. The van der Waals surface area contributed by atoms with E-state index in [-0.39, 0.29) is 0 Å².